The van der Waals surface area contributed by atoms with Crippen molar-refractivity contribution < 1.29 is 4.74 Å². The molecule has 0 saturated carbocycles. The van der Waals surface area contributed by atoms with Gasteiger partial charge in [0.2, 0.25) is 0 Å². The average molecular weight is 444 g/mol. The first kappa shape index (κ1) is 20.2. The first-order valence-electron chi connectivity index (χ1n) is 7.77. The standard InChI is InChI=1S/C16H24N6O.HI/c1-4-5-10-18-16(17-2)19-11-14-20-15(22-21-14)12-6-8-13(23-3)9-7-12;/h6-9H,4-5,10-11H2,1-3H3,(H2,17,18,19)(H,20,21,22);1H. The molecule has 0 fully saturated rings. The van der Waals surface area contributed by atoms with Gasteiger partial charge in [-0.1, -0.05) is 13.3 Å². The van der Waals surface area contributed by atoms with Crippen LogP contribution in [0.5, 0.6) is 5.75 Å². The van der Waals surface area contributed by atoms with Gasteiger partial charge in [0.15, 0.2) is 11.8 Å². The van der Waals surface area contributed by atoms with Gasteiger partial charge in [-0.3, -0.25) is 10.1 Å². The van der Waals surface area contributed by atoms with E-state index in [0.717, 1.165) is 42.5 Å². The molecule has 0 aliphatic rings. The van der Waals surface area contributed by atoms with Gasteiger partial charge in [0.25, 0.3) is 0 Å². The minimum absolute atomic E-state index is 0. The number of aliphatic imine (C=N–C) groups is 1. The van der Waals surface area contributed by atoms with Crippen molar-refractivity contribution in [2.75, 3.05) is 20.7 Å². The van der Waals surface area contributed by atoms with Gasteiger partial charge in [-0.05, 0) is 30.7 Å². The van der Waals surface area contributed by atoms with Gasteiger partial charge >= 0.3 is 0 Å². The van der Waals surface area contributed by atoms with E-state index in [-0.39, 0.29) is 24.0 Å². The van der Waals surface area contributed by atoms with Crippen LogP contribution in [-0.4, -0.2) is 41.8 Å². The number of benzene rings is 1. The summed E-state index contributed by atoms with van der Waals surface area (Å²) in [5, 5.41) is 13.7. The second kappa shape index (κ2) is 10.8. The van der Waals surface area contributed by atoms with Crippen molar-refractivity contribution in [3.8, 4) is 17.1 Å². The maximum Gasteiger partial charge on any atom is 0.191 e. The Morgan fingerprint density at radius 3 is 2.62 bits per heavy atom. The highest BCUT2D eigenvalue weighted by atomic mass is 127. The maximum atomic E-state index is 5.15. The van der Waals surface area contributed by atoms with E-state index in [9.17, 15) is 0 Å². The van der Waals surface area contributed by atoms with Gasteiger partial charge in [0.1, 0.15) is 11.6 Å². The summed E-state index contributed by atoms with van der Waals surface area (Å²) in [6.45, 7) is 3.60. The number of unbranched alkanes of at least 4 members (excludes halogenated alkanes) is 1. The molecule has 0 unspecified atom stereocenters. The predicted octanol–water partition coefficient (Wildman–Crippen LogP) is 2.56. The fourth-order valence-electron chi connectivity index (χ4n) is 2.02. The van der Waals surface area contributed by atoms with Gasteiger partial charge < -0.3 is 15.4 Å². The lowest BCUT2D eigenvalue weighted by Crippen LogP contribution is -2.37. The summed E-state index contributed by atoms with van der Waals surface area (Å²) in [6.07, 6.45) is 2.27. The molecule has 0 aliphatic heterocycles. The van der Waals surface area contributed by atoms with Crippen LogP contribution < -0.4 is 15.4 Å². The third-order valence-electron chi connectivity index (χ3n) is 3.35. The van der Waals surface area contributed by atoms with Crippen LogP contribution >= 0.6 is 24.0 Å². The van der Waals surface area contributed by atoms with Gasteiger partial charge in [0.05, 0.1) is 13.7 Å². The Morgan fingerprint density at radius 1 is 1.25 bits per heavy atom. The molecule has 1 aromatic heterocycles. The zero-order valence-electron chi connectivity index (χ0n) is 14.3. The lowest BCUT2D eigenvalue weighted by Gasteiger charge is -2.09. The molecule has 0 amide bonds. The van der Waals surface area contributed by atoms with Crippen LogP contribution in [0.3, 0.4) is 0 Å². The van der Waals surface area contributed by atoms with E-state index in [1.807, 2.05) is 24.3 Å². The highest BCUT2D eigenvalue weighted by Crippen LogP contribution is 2.18. The number of hydrogen-bond acceptors (Lipinski definition) is 4. The quantitative estimate of drug-likeness (QED) is 0.265. The molecule has 24 heavy (non-hydrogen) atoms. The molecule has 132 valence electrons. The molecule has 0 spiro atoms. The van der Waals surface area contributed by atoms with Crippen molar-refractivity contribution in [2.45, 2.75) is 26.3 Å². The Kier molecular flexibility index (Phi) is 9.13. The molecule has 0 atom stereocenters. The predicted molar refractivity (Wildman–Crippen MR) is 107 cm³/mol. The highest BCUT2D eigenvalue weighted by Gasteiger charge is 2.06. The average Bonchev–Trinajstić information content (AvgIpc) is 3.07. The molecule has 2 aromatic rings. The lowest BCUT2D eigenvalue weighted by atomic mass is 10.2. The summed E-state index contributed by atoms with van der Waals surface area (Å²) in [5.41, 5.74) is 0.943. The molecule has 3 N–H and O–H groups in total. The smallest absolute Gasteiger partial charge is 0.191 e. The first-order valence-corrected chi connectivity index (χ1v) is 7.77. The van der Waals surface area contributed by atoms with E-state index in [1.165, 1.54) is 0 Å². The van der Waals surface area contributed by atoms with Gasteiger partial charge in [-0.15, -0.1) is 24.0 Å². The number of H-pyrrole nitrogens is 1. The molecule has 0 aliphatic carbocycles. The van der Waals surface area contributed by atoms with E-state index >= 15 is 0 Å². The Bertz CT molecular complexity index is 626. The fraction of sp³-hybridized carbons (Fsp3) is 0.438. The van der Waals surface area contributed by atoms with Crippen LogP contribution in [0.25, 0.3) is 11.4 Å². The SMILES string of the molecule is CCCCNC(=NC)NCc1nc(-c2ccc(OC)cc2)n[nH]1.I. The van der Waals surface area contributed by atoms with Gasteiger partial charge in [-0.2, -0.15) is 5.10 Å². The van der Waals surface area contributed by atoms with Crippen molar-refractivity contribution in [1.29, 1.82) is 0 Å². The molecular weight excluding hydrogens is 419 g/mol. The van der Waals surface area contributed by atoms with Crippen molar-refractivity contribution in [2.24, 2.45) is 4.99 Å². The minimum atomic E-state index is 0. The van der Waals surface area contributed by atoms with Crippen LogP contribution in [-0.2, 0) is 6.54 Å². The van der Waals surface area contributed by atoms with Crippen molar-refractivity contribution in [3.63, 3.8) is 0 Å². The molecule has 8 heteroatoms. The summed E-state index contributed by atoms with van der Waals surface area (Å²) >= 11 is 0. The number of nitrogens with zero attached hydrogens (tertiary/aromatic N) is 3. The molecule has 1 aromatic carbocycles. The van der Waals surface area contributed by atoms with E-state index in [1.54, 1.807) is 14.2 Å². The molecule has 0 saturated heterocycles. The normalized spacial score (nSPS) is 10.9. The van der Waals surface area contributed by atoms with Crippen LogP contribution in [0.15, 0.2) is 29.3 Å². The Balaban J connectivity index is 0.00000288. The number of ether oxygens (including phenoxy) is 1. The first-order chi connectivity index (χ1) is 11.3. The second-order valence-corrected chi connectivity index (χ2v) is 5.04. The van der Waals surface area contributed by atoms with Crippen LogP contribution in [0, 0.1) is 0 Å². The summed E-state index contributed by atoms with van der Waals surface area (Å²) < 4.78 is 5.15. The monoisotopic (exact) mass is 444 g/mol. The maximum absolute atomic E-state index is 5.15. The van der Waals surface area contributed by atoms with E-state index < -0.39 is 0 Å². The number of halogens is 1. The number of methoxy groups -OCH3 is 1. The van der Waals surface area contributed by atoms with E-state index in [2.05, 4.69) is 37.7 Å². The number of aromatic amines is 1. The fourth-order valence-corrected chi connectivity index (χ4v) is 2.02. The number of guanidine groups is 1. The van der Waals surface area contributed by atoms with Gasteiger partial charge in [0, 0.05) is 19.2 Å². The number of nitrogens with one attached hydrogen (secondary N) is 3. The minimum Gasteiger partial charge on any atom is -0.497 e. The van der Waals surface area contributed by atoms with Crippen molar-refractivity contribution >= 4 is 29.9 Å². The Labute approximate surface area is 159 Å². The molecule has 0 bridgehead atoms. The van der Waals surface area contributed by atoms with Gasteiger partial charge in [-0.25, -0.2) is 4.98 Å². The van der Waals surface area contributed by atoms with E-state index in [0.29, 0.717) is 12.4 Å². The third kappa shape index (κ3) is 5.99. The van der Waals surface area contributed by atoms with Crippen LogP contribution in [0.4, 0.5) is 0 Å². The van der Waals surface area contributed by atoms with Crippen LogP contribution in [0.1, 0.15) is 25.6 Å². The molecule has 7 nitrogen and oxygen atoms in total. The number of aromatic nitrogens is 3. The number of rotatable bonds is 7. The Hall–Kier alpha value is -1.84. The van der Waals surface area contributed by atoms with E-state index in [4.69, 9.17) is 4.74 Å². The summed E-state index contributed by atoms with van der Waals surface area (Å²) in [7, 11) is 3.40. The molecule has 2 rings (SSSR count). The summed E-state index contributed by atoms with van der Waals surface area (Å²) in [5.74, 6) is 3.00. The zero-order valence-corrected chi connectivity index (χ0v) is 16.6. The molecule has 1 heterocycles. The highest BCUT2D eigenvalue weighted by molar-refractivity contribution is 14.0. The number of hydrogen-bond donors (Lipinski definition) is 3. The Morgan fingerprint density at radius 2 is 2.00 bits per heavy atom. The largest absolute Gasteiger partial charge is 0.497 e. The third-order valence-corrected chi connectivity index (χ3v) is 3.35. The summed E-state index contributed by atoms with van der Waals surface area (Å²) in [6, 6.07) is 7.65. The summed E-state index contributed by atoms with van der Waals surface area (Å²) in [4.78, 5) is 8.66. The molecule has 0 radical (unpaired) electrons. The zero-order chi connectivity index (χ0) is 16.5. The molecular formula is C16H25IN6O. The van der Waals surface area contributed by atoms with Crippen molar-refractivity contribution in [3.05, 3.63) is 30.1 Å². The van der Waals surface area contributed by atoms with Crippen LogP contribution in [0.2, 0.25) is 0 Å². The topological polar surface area (TPSA) is 87.2 Å². The second-order valence-electron chi connectivity index (χ2n) is 5.04. The van der Waals surface area contributed by atoms with Crippen molar-refractivity contribution in [1.82, 2.24) is 25.8 Å². The lowest BCUT2D eigenvalue weighted by molar-refractivity contribution is 0.415.